The molecule has 14 heavy (non-hydrogen) atoms. The van der Waals surface area contributed by atoms with Crippen LogP contribution in [0.4, 0.5) is 0 Å². The highest BCUT2D eigenvalue weighted by molar-refractivity contribution is 4.76. The van der Waals surface area contributed by atoms with E-state index in [2.05, 4.69) is 13.8 Å². The van der Waals surface area contributed by atoms with Crippen LogP contribution in [0.5, 0.6) is 0 Å². The molecular weight excluding hydrogens is 182 g/mol. The molecule has 1 atom stereocenters. The second-order valence-electron chi connectivity index (χ2n) is 4.33. The van der Waals surface area contributed by atoms with Crippen LogP contribution in [0.2, 0.25) is 0 Å². The van der Waals surface area contributed by atoms with Gasteiger partial charge in [-0.25, -0.2) is 0 Å². The molecule has 0 aromatic carbocycles. The van der Waals surface area contributed by atoms with Gasteiger partial charge in [0.2, 0.25) is 0 Å². The van der Waals surface area contributed by atoms with Gasteiger partial charge in [0, 0.05) is 6.61 Å². The minimum Gasteiger partial charge on any atom is -0.394 e. The smallest absolute Gasteiger partial charge is 0.0701 e. The molecule has 0 bridgehead atoms. The minimum absolute atomic E-state index is 0.0696. The molecule has 0 aromatic heterocycles. The predicted octanol–water partition coefficient (Wildman–Crippen LogP) is 0.385. The van der Waals surface area contributed by atoms with Crippen LogP contribution >= 0.6 is 0 Å². The van der Waals surface area contributed by atoms with Crippen molar-refractivity contribution < 1.29 is 14.6 Å². The van der Waals surface area contributed by atoms with Gasteiger partial charge in [0.1, 0.15) is 0 Å². The van der Waals surface area contributed by atoms with E-state index in [4.69, 9.17) is 20.3 Å². The largest absolute Gasteiger partial charge is 0.394 e. The first kappa shape index (κ1) is 13.8. The SMILES string of the molecule is CC(C)COCCOCC(C)(N)CO. The van der Waals surface area contributed by atoms with Gasteiger partial charge in [-0.3, -0.25) is 0 Å². The molecule has 4 nitrogen and oxygen atoms in total. The summed E-state index contributed by atoms with van der Waals surface area (Å²) in [5.74, 6) is 0.548. The maximum atomic E-state index is 8.83. The van der Waals surface area contributed by atoms with Crippen LogP contribution in [-0.4, -0.2) is 43.7 Å². The van der Waals surface area contributed by atoms with Crippen molar-refractivity contribution in [2.24, 2.45) is 11.7 Å². The molecule has 0 spiro atoms. The fourth-order valence-electron chi connectivity index (χ4n) is 0.788. The minimum atomic E-state index is -0.641. The summed E-state index contributed by atoms with van der Waals surface area (Å²) in [7, 11) is 0. The van der Waals surface area contributed by atoms with Gasteiger partial charge >= 0.3 is 0 Å². The lowest BCUT2D eigenvalue weighted by atomic mass is 10.1. The predicted molar refractivity (Wildman–Crippen MR) is 56.2 cm³/mol. The molecular formula is C10H23NO3. The van der Waals surface area contributed by atoms with Crippen LogP contribution in [0.1, 0.15) is 20.8 Å². The molecule has 0 amide bonds. The van der Waals surface area contributed by atoms with Gasteiger partial charge in [0.15, 0.2) is 0 Å². The number of aliphatic hydroxyl groups is 1. The van der Waals surface area contributed by atoms with Gasteiger partial charge in [0.25, 0.3) is 0 Å². The first-order valence-electron chi connectivity index (χ1n) is 5.03. The molecule has 0 radical (unpaired) electrons. The van der Waals surface area contributed by atoms with E-state index in [1.165, 1.54) is 0 Å². The molecule has 0 fully saturated rings. The van der Waals surface area contributed by atoms with Crippen LogP contribution in [0.15, 0.2) is 0 Å². The molecule has 0 saturated carbocycles. The second kappa shape index (κ2) is 7.17. The zero-order chi connectivity index (χ0) is 11.0. The van der Waals surface area contributed by atoms with Crippen molar-refractivity contribution in [3.8, 4) is 0 Å². The summed E-state index contributed by atoms with van der Waals surface area (Å²) in [6, 6.07) is 0. The van der Waals surface area contributed by atoms with Crippen molar-refractivity contribution >= 4 is 0 Å². The Bertz CT molecular complexity index is 137. The third-order valence-electron chi connectivity index (χ3n) is 1.62. The van der Waals surface area contributed by atoms with Gasteiger partial charge in [-0.15, -0.1) is 0 Å². The lowest BCUT2D eigenvalue weighted by molar-refractivity contribution is 0.0127. The third-order valence-corrected chi connectivity index (χ3v) is 1.62. The maximum Gasteiger partial charge on any atom is 0.0701 e. The Morgan fingerprint density at radius 3 is 2.36 bits per heavy atom. The van der Waals surface area contributed by atoms with E-state index in [0.29, 0.717) is 25.7 Å². The Balaban J connectivity index is 3.21. The zero-order valence-electron chi connectivity index (χ0n) is 9.45. The first-order valence-corrected chi connectivity index (χ1v) is 5.03. The van der Waals surface area contributed by atoms with Gasteiger partial charge in [-0.2, -0.15) is 0 Å². The van der Waals surface area contributed by atoms with E-state index in [-0.39, 0.29) is 6.61 Å². The molecule has 0 aliphatic heterocycles. The highest BCUT2D eigenvalue weighted by Crippen LogP contribution is 1.98. The van der Waals surface area contributed by atoms with Crippen molar-refractivity contribution in [1.82, 2.24) is 0 Å². The summed E-state index contributed by atoms with van der Waals surface area (Å²) in [4.78, 5) is 0. The second-order valence-corrected chi connectivity index (χ2v) is 4.33. The van der Waals surface area contributed by atoms with E-state index in [9.17, 15) is 0 Å². The Labute approximate surface area is 86.4 Å². The molecule has 0 saturated heterocycles. The number of nitrogens with two attached hydrogens (primary N) is 1. The third kappa shape index (κ3) is 8.44. The fourth-order valence-corrected chi connectivity index (χ4v) is 0.788. The van der Waals surface area contributed by atoms with E-state index in [1.54, 1.807) is 6.92 Å². The average Bonchev–Trinajstić information content (AvgIpc) is 2.10. The van der Waals surface area contributed by atoms with Crippen LogP contribution in [0, 0.1) is 5.92 Å². The van der Waals surface area contributed by atoms with Crippen LogP contribution in [0.25, 0.3) is 0 Å². The highest BCUT2D eigenvalue weighted by atomic mass is 16.5. The summed E-state index contributed by atoms with van der Waals surface area (Å²) in [5.41, 5.74) is 5.02. The molecule has 0 aliphatic rings. The normalized spacial score (nSPS) is 15.9. The van der Waals surface area contributed by atoms with Crippen molar-refractivity contribution in [1.29, 1.82) is 0 Å². The summed E-state index contributed by atoms with van der Waals surface area (Å²) >= 11 is 0. The number of hydrogen-bond donors (Lipinski definition) is 2. The van der Waals surface area contributed by atoms with Gasteiger partial charge in [0.05, 0.1) is 32.0 Å². The van der Waals surface area contributed by atoms with Crippen LogP contribution in [0.3, 0.4) is 0 Å². The molecule has 0 aromatic rings. The van der Waals surface area contributed by atoms with Crippen molar-refractivity contribution in [2.75, 3.05) is 33.0 Å². The van der Waals surface area contributed by atoms with Crippen molar-refractivity contribution in [3.05, 3.63) is 0 Å². The van der Waals surface area contributed by atoms with E-state index < -0.39 is 5.54 Å². The standard InChI is InChI=1S/C10H23NO3/c1-9(2)6-13-4-5-14-8-10(3,11)7-12/h9,12H,4-8,11H2,1-3H3. The Hall–Kier alpha value is -0.160. The van der Waals surface area contributed by atoms with Crippen LogP contribution < -0.4 is 5.73 Å². The average molecular weight is 205 g/mol. The van der Waals surface area contributed by atoms with Gasteiger partial charge < -0.3 is 20.3 Å². The Morgan fingerprint density at radius 2 is 1.86 bits per heavy atom. The summed E-state index contributed by atoms with van der Waals surface area (Å²) < 4.78 is 10.6. The molecule has 0 rings (SSSR count). The van der Waals surface area contributed by atoms with E-state index >= 15 is 0 Å². The quantitative estimate of drug-likeness (QED) is 0.562. The highest BCUT2D eigenvalue weighted by Gasteiger charge is 2.16. The lowest BCUT2D eigenvalue weighted by Crippen LogP contribution is -2.45. The monoisotopic (exact) mass is 205 g/mol. The zero-order valence-corrected chi connectivity index (χ0v) is 9.45. The summed E-state index contributed by atoms with van der Waals surface area (Å²) in [6.07, 6.45) is 0. The molecule has 1 unspecified atom stereocenters. The Morgan fingerprint density at radius 1 is 1.29 bits per heavy atom. The molecule has 86 valence electrons. The topological polar surface area (TPSA) is 64.7 Å². The van der Waals surface area contributed by atoms with E-state index in [0.717, 1.165) is 6.61 Å². The van der Waals surface area contributed by atoms with Crippen LogP contribution in [-0.2, 0) is 9.47 Å². The lowest BCUT2D eigenvalue weighted by Gasteiger charge is -2.21. The maximum absolute atomic E-state index is 8.83. The number of ether oxygens (including phenoxy) is 2. The molecule has 4 heteroatoms. The number of rotatable bonds is 8. The van der Waals surface area contributed by atoms with Gasteiger partial charge in [-0.05, 0) is 12.8 Å². The number of hydrogen-bond acceptors (Lipinski definition) is 4. The number of aliphatic hydroxyl groups excluding tert-OH is 1. The molecule has 0 aliphatic carbocycles. The summed E-state index contributed by atoms with van der Waals surface area (Å²) in [6.45, 7) is 8.10. The first-order chi connectivity index (χ1) is 6.48. The summed E-state index contributed by atoms with van der Waals surface area (Å²) in [5, 5.41) is 8.83. The van der Waals surface area contributed by atoms with Gasteiger partial charge in [-0.1, -0.05) is 13.8 Å². The molecule has 3 N–H and O–H groups in total. The van der Waals surface area contributed by atoms with E-state index in [1.807, 2.05) is 0 Å². The van der Waals surface area contributed by atoms with Crippen molar-refractivity contribution in [2.45, 2.75) is 26.3 Å². The Kier molecular flexibility index (Phi) is 7.09. The molecule has 0 heterocycles. The van der Waals surface area contributed by atoms with Crippen molar-refractivity contribution in [3.63, 3.8) is 0 Å². The fraction of sp³-hybridized carbons (Fsp3) is 1.00.